The van der Waals surface area contributed by atoms with Gasteiger partial charge in [0.15, 0.2) is 0 Å². The van der Waals surface area contributed by atoms with E-state index < -0.39 is 5.82 Å². The Balaban J connectivity index is 1.55. The SMILES string of the molecule is O=C(c1ccccc1F)N1CCCN(CC2CCNCC2)CC1. The minimum absolute atomic E-state index is 0.174. The summed E-state index contributed by atoms with van der Waals surface area (Å²) in [4.78, 5) is 16.8. The van der Waals surface area contributed by atoms with Crippen molar-refractivity contribution >= 4 is 5.91 Å². The van der Waals surface area contributed by atoms with Crippen LogP contribution in [0.25, 0.3) is 0 Å². The number of hydrogen-bond donors (Lipinski definition) is 1. The first-order valence-electron chi connectivity index (χ1n) is 8.71. The van der Waals surface area contributed by atoms with Crippen LogP contribution in [-0.2, 0) is 0 Å². The summed E-state index contributed by atoms with van der Waals surface area (Å²) in [6.07, 6.45) is 3.45. The molecular formula is C18H26FN3O. The number of halogens is 1. The molecule has 1 aromatic carbocycles. The number of piperidine rings is 1. The maximum Gasteiger partial charge on any atom is 0.256 e. The minimum atomic E-state index is -0.423. The summed E-state index contributed by atoms with van der Waals surface area (Å²) in [7, 11) is 0. The van der Waals surface area contributed by atoms with Crippen LogP contribution >= 0.6 is 0 Å². The van der Waals surface area contributed by atoms with E-state index in [0.29, 0.717) is 6.54 Å². The van der Waals surface area contributed by atoms with Gasteiger partial charge in [-0.25, -0.2) is 4.39 Å². The predicted octanol–water partition coefficient (Wildman–Crippen LogP) is 1.97. The molecule has 0 radical (unpaired) electrons. The van der Waals surface area contributed by atoms with Crippen molar-refractivity contribution < 1.29 is 9.18 Å². The fraction of sp³-hybridized carbons (Fsp3) is 0.611. The molecule has 126 valence electrons. The van der Waals surface area contributed by atoms with Crippen molar-refractivity contribution in [3.63, 3.8) is 0 Å². The van der Waals surface area contributed by atoms with Crippen LogP contribution in [0.3, 0.4) is 0 Å². The van der Waals surface area contributed by atoms with Gasteiger partial charge in [-0.05, 0) is 56.9 Å². The number of nitrogens with zero attached hydrogens (tertiary/aromatic N) is 2. The summed E-state index contributed by atoms with van der Waals surface area (Å²) >= 11 is 0. The topological polar surface area (TPSA) is 35.6 Å². The van der Waals surface area contributed by atoms with Crippen LogP contribution in [0.2, 0.25) is 0 Å². The maximum atomic E-state index is 13.8. The van der Waals surface area contributed by atoms with Crippen molar-refractivity contribution in [1.29, 1.82) is 0 Å². The van der Waals surface area contributed by atoms with Crippen molar-refractivity contribution in [2.45, 2.75) is 19.3 Å². The molecule has 2 heterocycles. The lowest BCUT2D eigenvalue weighted by Crippen LogP contribution is -2.39. The molecule has 2 fully saturated rings. The second-order valence-electron chi connectivity index (χ2n) is 6.62. The molecule has 0 atom stereocenters. The van der Waals surface area contributed by atoms with Crippen LogP contribution < -0.4 is 5.32 Å². The van der Waals surface area contributed by atoms with Crippen LogP contribution in [0.4, 0.5) is 4.39 Å². The lowest BCUT2D eigenvalue weighted by atomic mass is 9.97. The molecule has 0 saturated carbocycles. The molecule has 0 aromatic heterocycles. The molecule has 4 nitrogen and oxygen atoms in total. The zero-order valence-corrected chi connectivity index (χ0v) is 13.6. The Bertz CT molecular complexity index is 531. The van der Waals surface area contributed by atoms with Crippen molar-refractivity contribution in [2.75, 3.05) is 45.8 Å². The first-order chi connectivity index (χ1) is 11.2. The number of benzene rings is 1. The molecule has 0 bridgehead atoms. The highest BCUT2D eigenvalue weighted by atomic mass is 19.1. The van der Waals surface area contributed by atoms with Gasteiger partial charge in [-0.3, -0.25) is 4.79 Å². The summed E-state index contributed by atoms with van der Waals surface area (Å²) < 4.78 is 13.8. The highest BCUT2D eigenvalue weighted by Gasteiger charge is 2.24. The van der Waals surface area contributed by atoms with Crippen LogP contribution in [0.1, 0.15) is 29.6 Å². The summed E-state index contributed by atoms with van der Waals surface area (Å²) in [6.45, 7) is 6.71. The number of rotatable bonds is 3. The van der Waals surface area contributed by atoms with Gasteiger partial charge < -0.3 is 15.1 Å². The Labute approximate surface area is 137 Å². The summed E-state index contributed by atoms with van der Waals surface area (Å²) in [6, 6.07) is 6.27. The van der Waals surface area contributed by atoms with E-state index in [1.165, 1.54) is 18.9 Å². The van der Waals surface area contributed by atoms with E-state index in [-0.39, 0.29) is 11.5 Å². The quantitative estimate of drug-likeness (QED) is 0.925. The molecule has 0 spiro atoms. The molecule has 1 aromatic rings. The zero-order valence-electron chi connectivity index (χ0n) is 13.6. The van der Waals surface area contributed by atoms with Gasteiger partial charge in [0, 0.05) is 26.2 Å². The van der Waals surface area contributed by atoms with Crippen molar-refractivity contribution in [3.05, 3.63) is 35.6 Å². The Morgan fingerprint density at radius 2 is 1.91 bits per heavy atom. The molecule has 1 N–H and O–H groups in total. The second kappa shape index (κ2) is 7.88. The van der Waals surface area contributed by atoms with Crippen LogP contribution in [0.15, 0.2) is 24.3 Å². The van der Waals surface area contributed by atoms with Gasteiger partial charge in [0.2, 0.25) is 0 Å². The van der Waals surface area contributed by atoms with Crippen molar-refractivity contribution in [2.24, 2.45) is 5.92 Å². The fourth-order valence-corrected chi connectivity index (χ4v) is 3.59. The molecule has 2 aliphatic heterocycles. The Kier molecular flexibility index (Phi) is 5.62. The lowest BCUT2D eigenvalue weighted by Gasteiger charge is -2.29. The van der Waals surface area contributed by atoms with Gasteiger partial charge in [0.05, 0.1) is 5.56 Å². The first kappa shape index (κ1) is 16.4. The van der Waals surface area contributed by atoms with Gasteiger partial charge in [-0.1, -0.05) is 12.1 Å². The average molecular weight is 319 g/mol. The average Bonchev–Trinajstić information content (AvgIpc) is 2.81. The van der Waals surface area contributed by atoms with E-state index in [0.717, 1.165) is 51.6 Å². The number of amides is 1. The monoisotopic (exact) mass is 319 g/mol. The highest BCUT2D eigenvalue weighted by molar-refractivity contribution is 5.94. The molecule has 0 unspecified atom stereocenters. The van der Waals surface area contributed by atoms with E-state index in [1.54, 1.807) is 23.1 Å². The van der Waals surface area contributed by atoms with Crippen LogP contribution in [-0.4, -0.2) is 61.5 Å². The summed E-state index contributed by atoms with van der Waals surface area (Å²) in [5, 5.41) is 3.40. The van der Waals surface area contributed by atoms with E-state index in [1.807, 2.05) is 0 Å². The maximum absolute atomic E-state index is 13.8. The molecule has 5 heteroatoms. The number of nitrogens with one attached hydrogen (secondary N) is 1. The van der Waals surface area contributed by atoms with Crippen LogP contribution in [0, 0.1) is 11.7 Å². The first-order valence-corrected chi connectivity index (χ1v) is 8.71. The van der Waals surface area contributed by atoms with Crippen LogP contribution in [0.5, 0.6) is 0 Å². The fourth-order valence-electron chi connectivity index (χ4n) is 3.59. The molecular weight excluding hydrogens is 293 g/mol. The highest BCUT2D eigenvalue weighted by Crippen LogP contribution is 2.16. The lowest BCUT2D eigenvalue weighted by molar-refractivity contribution is 0.0755. The van der Waals surface area contributed by atoms with Gasteiger partial charge in [-0.15, -0.1) is 0 Å². The van der Waals surface area contributed by atoms with Crippen molar-refractivity contribution in [1.82, 2.24) is 15.1 Å². The molecule has 0 aliphatic carbocycles. The van der Waals surface area contributed by atoms with E-state index in [2.05, 4.69) is 10.2 Å². The Hall–Kier alpha value is -1.46. The largest absolute Gasteiger partial charge is 0.337 e. The molecule has 23 heavy (non-hydrogen) atoms. The third kappa shape index (κ3) is 4.30. The zero-order chi connectivity index (χ0) is 16.1. The number of carbonyl (C=O) groups is 1. The standard InChI is InChI=1S/C18H26FN3O/c19-17-5-2-1-4-16(17)18(23)22-11-3-10-21(12-13-22)14-15-6-8-20-9-7-15/h1-2,4-5,15,20H,3,6-14H2. The number of carbonyl (C=O) groups excluding carboxylic acids is 1. The normalized spacial score (nSPS) is 21.2. The van der Waals surface area contributed by atoms with Gasteiger partial charge >= 0.3 is 0 Å². The van der Waals surface area contributed by atoms with Gasteiger partial charge in [0.25, 0.3) is 5.91 Å². The smallest absolute Gasteiger partial charge is 0.256 e. The van der Waals surface area contributed by atoms with E-state index >= 15 is 0 Å². The summed E-state index contributed by atoms with van der Waals surface area (Å²) in [5.74, 6) is 0.171. The molecule has 1 amide bonds. The Morgan fingerprint density at radius 3 is 2.70 bits per heavy atom. The Morgan fingerprint density at radius 1 is 1.13 bits per heavy atom. The van der Waals surface area contributed by atoms with Gasteiger partial charge in [0.1, 0.15) is 5.82 Å². The molecule has 2 saturated heterocycles. The number of hydrogen-bond acceptors (Lipinski definition) is 3. The van der Waals surface area contributed by atoms with Gasteiger partial charge in [-0.2, -0.15) is 0 Å². The second-order valence-corrected chi connectivity index (χ2v) is 6.62. The predicted molar refractivity (Wildman–Crippen MR) is 89.0 cm³/mol. The minimum Gasteiger partial charge on any atom is -0.337 e. The third-order valence-corrected chi connectivity index (χ3v) is 4.96. The molecule has 2 aliphatic rings. The summed E-state index contributed by atoms with van der Waals surface area (Å²) in [5.41, 5.74) is 0.194. The van der Waals surface area contributed by atoms with Crippen molar-refractivity contribution in [3.8, 4) is 0 Å². The van der Waals surface area contributed by atoms with E-state index in [4.69, 9.17) is 0 Å². The molecule has 3 rings (SSSR count). The van der Waals surface area contributed by atoms with E-state index in [9.17, 15) is 9.18 Å². The third-order valence-electron chi connectivity index (χ3n) is 4.96.